The van der Waals surface area contributed by atoms with Crippen LogP contribution in [0.1, 0.15) is 11.8 Å². The monoisotopic (exact) mass is 321 g/mol. The molecular weight excluding hydrogens is 306 g/mol. The van der Waals surface area contributed by atoms with Gasteiger partial charge in [0.05, 0.1) is 11.4 Å². The minimum absolute atomic E-state index is 0.126. The SMILES string of the molecule is CCN(CC(=O)NC)S(=O)(=O)c1ccc(C(N)=S)s1. The first kappa shape index (κ1) is 16.0. The first-order chi connectivity index (χ1) is 8.82. The normalized spacial score (nSPS) is 11.5. The van der Waals surface area contributed by atoms with Crippen LogP contribution in [0.4, 0.5) is 0 Å². The Labute approximate surface area is 121 Å². The Hall–Kier alpha value is -1.03. The summed E-state index contributed by atoms with van der Waals surface area (Å²) >= 11 is 5.80. The van der Waals surface area contributed by atoms with Crippen LogP contribution < -0.4 is 11.1 Å². The summed E-state index contributed by atoms with van der Waals surface area (Å²) in [6, 6.07) is 3.01. The molecule has 1 heterocycles. The maximum absolute atomic E-state index is 12.3. The number of nitrogens with zero attached hydrogens (tertiary/aromatic N) is 1. The summed E-state index contributed by atoms with van der Waals surface area (Å²) in [4.78, 5) is 12.0. The van der Waals surface area contributed by atoms with Gasteiger partial charge in [0.2, 0.25) is 5.91 Å². The molecule has 0 atom stereocenters. The summed E-state index contributed by atoms with van der Waals surface area (Å²) in [7, 11) is -2.24. The van der Waals surface area contributed by atoms with Crippen molar-refractivity contribution in [1.29, 1.82) is 0 Å². The zero-order chi connectivity index (χ0) is 14.6. The fourth-order valence-electron chi connectivity index (χ4n) is 1.32. The quantitative estimate of drug-likeness (QED) is 0.727. The predicted octanol–water partition coefficient (Wildman–Crippen LogP) is 0.139. The van der Waals surface area contributed by atoms with Crippen molar-refractivity contribution in [3.05, 3.63) is 17.0 Å². The predicted molar refractivity (Wildman–Crippen MR) is 78.7 cm³/mol. The minimum atomic E-state index is -3.69. The molecule has 0 aliphatic heterocycles. The van der Waals surface area contributed by atoms with E-state index in [2.05, 4.69) is 5.32 Å². The second-order valence-corrected chi connectivity index (χ2v) is 7.28. The zero-order valence-corrected chi connectivity index (χ0v) is 13.0. The second-order valence-electron chi connectivity index (χ2n) is 3.59. The van der Waals surface area contributed by atoms with Crippen LogP contribution in [0.3, 0.4) is 0 Å². The molecule has 0 aliphatic carbocycles. The largest absolute Gasteiger partial charge is 0.389 e. The molecule has 1 aromatic heterocycles. The number of sulfonamides is 1. The average Bonchev–Trinajstić information content (AvgIpc) is 2.85. The lowest BCUT2D eigenvalue weighted by molar-refractivity contribution is -0.120. The van der Waals surface area contributed by atoms with Gasteiger partial charge in [0, 0.05) is 13.6 Å². The number of rotatable bonds is 6. The Balaban J connectivity index is 3.06. The van der Waals surface area contributed by atoms with Crippen molar-refractivity contribution in [2.45, 2.75) is 11.1 Å². The smallest absolute Gasteiger partial charge is 0.253 e. The summed E-state index contributed by atoms with van der Waals surface area (Å²) in [5.41, 5.74) is 5.45. The van der Waals surface area contributed by atoms with E-state index in [1.165, 1.54) is 13.1 Å². The lowest BCUT2D eigenvalue weighted by Crippen LogP contribution is -2.39. The lowest BCUT2D eigenvalue weighted by atomic mass is 10.5. The van der Waals surface area contributed by atoms with Gasteiger partial charge in [0.25, 0.3) is 10.0 Å². The van der Waals surface area contributed by atoms with Gasteiger partial charge >= 0.3 is 0 Å². The number of thiocarbonyl (C=S) groups is 1. The fraction of sp³-hybridized carbons (Fsp3) is 0.400. The third-order valence-corrected chi connectivity index (χ3v) is 6.23. The standard InChI is InChI=1S/C10H15N3O3S3/c1-3-13(6-8(14)12-2)19(15,16)9-5-4-7(18-9)10(11)17/h4-5H,3,6H2,1-2H3,(H2,11,17)(H,12,14). The molecule has 0 aromatic carbocycles. The number of likely N-dealkylation sites (N-methyl/N-ethyl adjacent to an activating group) is 2. The van der Waals surface area contributed by atoms with Crippen LogP contribution in [0.25, 0.3) is 0 Å². The number of hydrogen-bond donors (Lipinski definition) is 2. The molecule has 1 aromatic rings. The van der Waals surface area contributed by atoms with Crippen LogP contribution in [0, 0.1) is 0 Å². The summed E-state index contributed by atoms with van der Waals surface area (Å²) in [6.45, 7) is 1.66. The summed E-state index contributed by atoms with van der Waals surface area (Å²) in [5.74, 6) is -0.364. The van der Waals surface area contributed by atoms with Crippen molar-refractivity contribution in [1.82, 2.24) is 9.62 Å². The second kappa shape index (κ2) is 6.42. The maximum atomic E-state index is 12.3. The number of thiophene rings is 1. The van der Waals surface area contributed by atoms with Crippen molar-refractivity contribution in [2.75, 3.05) is 20.1 Å². The van der Waals surface area contributed by atoms with E-state index in [9.17, 15) is 13.2 Å². The highest BCUT2D eigenvalue weighted by Crippen LogP contribution is 2.24. The van der Waals surface area contributed by atoms with Gasteiger partial charge in [-0.2, -0.15) is 4.31 Å². The molecule has 0 saturated carbocycles. The highest BCUT2D eigenvalue weighted by atomic mass is 32.2. The van der Waals surface area contributed by atoms with Crippen LogP contribution >= 0.6 is 23.6 Å². The molecule has 6 nitrogen and oxygen atoms in total. The van der Waals surface area contributed by atoms with Crippen molar-refractivity contribution < 1.29 is 13.2 Å². The Morgan fingerprint density at radius 2 is 2.16 bits per heavy atom. The van der Waals surface area contributed by atoms with Gasteiger partial charge in [0.1, 0.15) is 9.20 Å². The Kier molecular flexibility index (Phi) is 5.41. The van der Waals surface area contributed by atoms with Crippen molar-refractivity contribution in [3.8, 4) is 0 Å². The molecule has 0 fully saturated rings. The molecular formula is C10H15N3O3S3. The van der Waals surface area contributed by atoms with E-state index in [0.29, 0.717) is 4.88 Å². The van der Waals surface area contributed by atoms with Crippen LogP contribution in [0.15, 0.2) is 16.3 Å². The Bertz CT molecular complexity index is 580. The number of nitrogens with two attached hydrogens (primary N) is 1. The Morgan fingerprint density at radius 3 is 2.58 bits per heavy atom. The van der Waals surface area contributed by atoms with Crippen LogP contribution in [-0.2, 0) is 14.8 Å². The molecule has 0 aliphatic rings. The number of carbonyl (C=O) groups is 1. The van der Waals surface area contributed by atoms with E-state index in [4.69, 9.17) is 18.0 Å². The highest BCUT2D eigenvalue weighted by molar-refractivity contribution is 7.91. The van der Waals surface area contributed by atoms with E-state index in [1.807, 2.05) is 0 Å². The fourth-order valence-corrected chi connectivity index (χ4v) is 4.24. The molecule has 1 amide bonds. The molecule has 0 saturated heterocycles. The highest BCUT2D eigenvalue weighted by Gasteiger charge is 2.26. The molecule has 1 rings (SSSR count). The topological polar surface area (TPSA) is 92.5 Å². The van der Waals surface area contributed by atoms with E-state index < -0.39 is 10.0 Å². The summed E-state index contributed by atoms with van der Waals surface area (Å²) < 4.78 is 25.9. The summed E-state index contributed by atoms with van der Waals surface area (Å²) in [5, 5.41) is 2.39. The van der Waals surface area contributed by atoms with Gasteiger partial charge < -0.3 is 11.1 Å². The average molecular weight is 321 g/mol. The molecule has 0 spiro atoms. The lowest BCUT2D eigenvalue weighted by Gasteiger charge is -2.18. The summed E-state index contributed by atoms with van der Waals surface area (Å²) in [6.07, 6.45) is 0. The van der Waals surface area contributed by atoms with Crippen LogP contribution in [0.5, 0.6) is 0 Å². The molecule has 106 valence electrons. The third-order valence-electron chi connectivity index (χ3n) is 2.37. The van der Waals surface area contributed by atoms with Gasteiger partial charge in [-0.05, 0) is 12.1 Å². The molecule has 9 heteroatoms. The van der Waals surface area contributed by atoms with Gasteiger partial charge in [-0.3, -0.25) is 4.79 Å². The maximum Gasteiger partial charge on any atom is 0.253 e. The van der Waals surface area contributed by atoms with Gasteiger partial charge in [-0.15, -0.1) is 11.3 Å². The van der Waals surface area contributed by atoms with Crippen molar-refractivity contribution in [2.24, 2.45) is 5.73 Å². The van der Waals surface area contributed by atoms with Gasteiger partial charge in [0.15, 0.2) is 0 Å². The van der Waals surface area contributed by atoms with E-state index >= 15 is 0 Å². The molecule has 0 bridgehead atoms. The third kappa shape index (κ3) is 3.72. The molecule has 0 unspecified atom stereocenters. The minimum Gasteiger partial charge on any atom is -0.389 e. The van der Waals surface area contributed by atoms with Crippen LogP contribution in [0.2, 0.25) is 0 Å². The molecule has 19 heavy (non-hydrogen) atoms. The first-order valence-corrected chi connectivity index (χ1v) is 8.09. The van der Waals surface area contributed by atoms with E-state index in [1.54, 1.807) is 13.0 Å². The molecule has 0 radical (unpaired) electrons. The number of hydrogen-bond acceptors (Lipinski definition) is 5. The van der Waals surface area contributed by atoms with E-state index in [-0.39, 0.29) is 28.2 Å². The van der Waals surface area contributed by atoms with Gasteiger partial charge in [-0.1, -0.05) is 19.1 Å². The Morgan fingerprint density at radius 1 is 1.53 bits per heavy atom. The molecule has 3 N–H and O–H groups in total. The number of nitrogens with one attached hydrogen (secondary N) is 1. The van der Waals surface area contributed by atoms with Crippen LogP contribution in [-0.4, -0.2) is 43.8 Å². The van der Waals surface area contributed by atoms with Crippen molar-refractivity contribution >= 4 is 44.5 Å². The number of amides is 1. The zero-order valence-electron chi connectivity index (χ0n) is 10.5. The van der Waals surface area contributed by atoms with Gasteiger partial charge in [-0.25, -0.2) is 8.42 Å². The van der Waals surface area contributed by atoms with E-state index in [0.717, 1.165) is 15.6 Å². The first-order valence-electron chi connectivity index (χ1n) is 5.43. The number of carbonyl (C=O) groups excluding carboxylic acids is 1. The van der Waals surface area contributed by atoms with Crippen molar-refractivity contribution in [3.63, 3.8) is 0 Å².